The van der Waals surface area contributed by atoms with Gasteiger partial charge in [-0.1, -0.05) is 11.9 Å². The van der Waals surface area contributed by atoms with E-state index in [2.05, 4.69) is 25.5 Å². The summed E-state index contributed by atoms with van der Waals surface area (Å²) in [5.74, 6) is 0. The molecule has 1 aromatic heterocycles. The minimum atomic E-state index is -0.393. The van der Waals surface area contributed by atoms with E-state index in [0.717, 1.165) is 16.2 Å². The number of nitriles is 1. The number of thiophene rings is 1. The molecule has 0 spiro atoms. The molecule has 0 aliphatic heterocycles. The van der Waals surface area contributed by atoms with Crippen molar-refractivity contribution in [1.29, 1.82) is 5.26 Å². The predicted molar refractivity (Wildman–Crippen MR) is 63.2 cm³/mol. The van der Waals surface area contributed by atoms with Crippen molar-refractivity contribution in [1.82, 2.24) is 4.72 Å². The van der Waals surface area contributed by atoms with E-state index in [1.165, 1.54) is 0 Å². The van der Waals surface area contributed by atoms with Crippen LogP contribution in [0.4, 0.5) is 4.39 Å². The summed E-state index contributed by atoms with van der Waals surface area (Å²) >= 11 is 2.63. The lowest BCUT2D eigenvalue weighted by atomic mass is 10.3. The molecule has 0 fully saturated rings. The van der Waals surface area contributed by atoms with Crippen LogP contribution in [0.5, 0.6) is 0 Å². The molecule has 82 valence electrons. The first kappa shape index (κ1) is 12.5. The van der Waals surface area contributed by atoms with Crippen LogP contribution in [0.2, 0.25) is 0 Å². The Kier molecular flexibility index (Phi) is 4.14. The van der Waals surface area contributed by atoms with Crippen molar-refractivity contribution in [2.45, 2.75) is 32.1 Å². The first-order valence-electron chi connectivity index (χ1n) is 4.51. The molecule has 15 heavy (non-hydrogen) atoms. The maximum Gasteiger partial charge on any atom is 0.194 e. The van der Waals surface area contributed by atoms with Gasteiger partial charge < -0.3 is 0 Å². The molecule has 1 rings (SSSR count). The van der Waals surface area contributed by atoms with Crippen molar-refractivity contribution in [3.63, 3.8) is 0 Å². The largest absolute Gasteiger partial charge is 0.258 e. The van der Waals surface area contributed by atoms with Crippen LogP contribution in [0.3, 0.4) is 0 Å². The summed E-state index contributed by atoms with van der Waals surface area (Å²) in [5.41, 5.74) is 0.137. The summed E-state index contributed by atoms with van der Waals surface area (Å²) < 4.78 is 16.3. The molecule has 0 saturated heterocycles. The molecular formula is C10H13FN2S2. The second-order valence-corrected chi connectivity index (χ2v) is 6.85. The highest BCUT2D eigenvalue weighted by molar-refractivity contribution is 7.98. The van der Waals surface area contributed by atoms with E-state index in [1.54, 1.807) is 18.0 Å². The zero-order valence-electron chi connectivity index (χ0n) is 8.93. The molecule has 0 saturated carbocycles. The Labute approximate surface area is 97.6 Å². The van der Waals surface area contributed by atoms with E-state index in [4.69, 9.17) is 5.26 Å². The SMILES string of the molecule is CC(C)(C)SNCc1cc(C#N)c(F)s1. The van der Waals surface area contributed by atoms with Crippen molar-refractivity contribution < 1.29 is 4.39 Å². The van der Waals surface area contributed by atoms with Crippen LogP contribution in [0.15, 0.2) is 6.07 Å². The molecular weight excluding hydrogens is 231 g/mol. The maximum absolute atomic E-state index is 13.0. The maximum atomic E-state index is 13.0. The molecule has 1 heterocycles. The summed E-state index contributed by atoms with van der Waals surface area (Å²) in [6, 6.07) is 3.42. The first-order chi connectivity index (χ1) is 6.92. The highest BCUT2D eigenvalue weighted by Gasteiger charge is 2.12. The van der Waals surface area contributed by atoms with Gasteiger partial charge >= 0.3 is 0 Å². The molecule has 0 aromatic carbocycles. The third kappa shape index (κ3) is 4.20. The van der Waals surface area contributed by atoms with Gasteiger partial charge in [-0.2, -0.15) is 9.65 Å². The van der Waals surface area contributed by atoms with Gasteiger partial charge in [0.15, 0.2) is 5.13 Å². The van der Waals surface area contributed by atoms with Crippen LogP contribution < -0.4 is 4.72 Å². The van der Waals surface area contributed by atoms with Crippen LogP contribution in [0.25, 0.3) is 0 Å². The van der Waals surface area contributed by atoms with Gasteiger partial charge in [-0.3, -0.25) is 4.72 Å². The average molecular weight is 244 g/mol. The zero-order chi connectivity index (χ0) is 11.5. The van der Waals surface area contributed by atoms with Crippen molar-refractivity contribution in [2.24, 2.45) is 0 Å². The van der Waals surface area contributed by atoms with Crippen molar-refractivity contribution in [2.75, 3.05) is 0 Å². The molecule has 0 atom stereocenters. The smallest absolute Gasteiger partial charge is 0.194 e. The standard InChI is InChI=1S/C10H13FN2S2/c1-10(2,3)15-13-6-8-4-7(5-12)9(11)14-8/h4,13H,6H2,1-3H3. The lowest BCUT2D eigenvalue weighted by molar-refractivity contribution is 0.654. The highest BCUT2D eigenvalue weighted by atomic mass is 32.2. The minimum Gasteiger partial charge on any atom is -0.258 e. The van der Waals surface area contributed by atoms with Gasteiger partial charge in [0, 0.05) is 16.2 Å². The van der Waals surface area contributed by atoms with Gasteiger partial charge in [-0.05, 0) is 26.8 Å². The Morgan fingerprint density at radius 3 is 2.73 bits per heavy atom. The normalized spacial score (nSPS) is 11.4. The number of nitrogens with zero attached hydrogens (tertiary/aromatic N) is 1. The van der Waals surface area contributed by atoms with Crippen LogP contribution in [0.1, 0.15) is 31.2 Å². The van der Waals surface area contributed by atoms with E-state index in [1.807, 2.05) is 6.07 Å². The second kappa shape index (κ2) is 4.97. The molecule has 5 heteroatoms. The number of nitrogens with one attached hydrogen (secondary N) is 1. The predicted octanol–water partition coefficient (Wildman–Crippen LogP) is 3.30. The molecule has 2 nitrogen and oxygen atoms in total. The molecule has 1 aromatic rings. The Morgan fingerprint density at radius 2 is 2.27 bits per heavy atom. The number of halogens is 1. The van der Waals surface area contributed by atoms with Gasteiger partial charge in [0.1, 0.15) is 6.07 Å². The molecule has 0 aliphatic carbocycles. The van der Waals surface area contributed by atoms with Crippen molar-refractivity contribution in [3.05, 3.63) is 21.6 Å². The topological polar surface area (TPSA) is 35.8 Å². The fourth-order valence-electron chi connectivity index (χ4n) is 0.904. The van der Waals surface area contributed by atoms with Crippen LogP contribution >= 0.6 is 23.3 Å². The first-order valence-corrected chi connectivity index (χ1v) is 6.15. The summed E-state index contributed by atoms with van der Waals surface area (Å²) in [6.45, 7) is 6.88. The average Bonchev–Trinajstić information content (AvgIpc) is 2.44. The minimum absolute atomic E-state index is 0.133. The lowest BCUT2D eigenvalue weighted by Crippen LogP contribution is -2.16. The second-order valence-electron chi connectivity index (χ2n) is 4.05. The lowest BCUT2D eigenvalue weighted by Gasteiger charge is -2.17. The molecule has 0 aliphatic rings. The van der Waals surface area contributed by atoms with E-state index in [0.29, 0.717) is 6.54 Å². The summed E-state index contributed by atoms with van der Waals surface area (Å²) in [6.07, 6.45) is 0. The van der Waals surface area contributed by atoms with Gasteiger partial charge in [-0.15, -0.1) is 11.3 Å². The number of hydrogen-bond donors (Lipinski definition) is 1. The van der Waals surface area contributed by atoms with E-state index in [9.17, 15) is 4.39 Å². The fraction of sp³-hybridized carbons (Fsp3) is 0.500. The summed E-state index contributed by atoms with van der Waals surface area (Å²) in [4.78, 5) is 0.848. The van der Waals surface area contributed by atoms with Gasteiger partial charge in [0.05, 0.1) is 5.56 Å². The quantitative estimate of drug-likeness (QED) is 0.829. The fourth-order valence-corrected chi connectivity index (χ4v) is 2.42. The number of hydrogen-bond acceptors (Lipinski definition) is 4. The monoisotopic (exact) mass is 244 g/mol. The Morgan fingerprint density at radius 1 is 1.60 bits per heavy atom. The van der Waals surface area contributed by atoms with Gasteiger partial charge in [0.2, 0.25) is 0 Å². The zero-order valence-corrected chi connectivity index (χ0v) is 10.6. The third-order valence-corrected chi connectivity index (χ3v) is 3.31. The highest BCUT2D eigenvalue weighted by Crippen LogP contribution is 2.23. The molecule has 0 radical (unpaired) electrons. The molecule has 1 N–H and O–H groups in total. The van der Waals surface area contributed by atoms with Crippen molar-refractivity contribution in [3.8, 4) is 6.07 Å². The van der Waals surface area contributed by atoms with E-state index < -0.39 is 5.13 Å². The Balaban J connectivity index is 2.49. The summed E-state index contributed by atoms with van der Waals surface area (Å²) in [7, 11) is 0. The van der Waals surface area contributed by atoms with E-state index >= 15 is 0 Å². The Hall–Kier alpha value is -0.570. The molecule has 0 unspecified atom stereocenters. The van der Waals surface area contributed by atoms with E-state index in [-0.39, 0.29) is 10.3 Å². The van der Waals surface area contributed by atoms with Crippen molar-refractivity contribution >= 4 is 23.3 Å². The molecule has 0 amide bonds. The Bertz CT molecular complexity index is 374. The number of rotatable bonds is 3. The third-order valence-electron chi connectivity index (χ3n) is 1.48. The molecule has 0 bridgehead atoms. The summed E-state index contributed by atoms with van der Waals surface area (Å²) in [5, 5.41) is 8.18. The van der Waals surface area contributed by atoms with Crippen LogP contribution in [-0.2, 0) is 6.54 Å². The van der Waals surface area contributed by atoms with Gasteiger partial charge in [-0.25, -0.2) is 0 Å². The van der Waals surface area contributed by atoms with Crippen LogP contribution in [-0.4, -0.2) is 4.75 Å². The van der Waals surface area contributed by atoms with Crippen LogP contribution in [0, 0.1) is 16.5 Å². The van der Waals surface area contributed by atoms with Gasteiger partial charge in [0.25, 0.3) is 0 Å².